The summed E-state index contributed by atoms with van der Waals surface area (Å²) in [7, 11) is 0. The van der Waals surface area contributed by atoms with Crippen molar-refractivity contribution in [3.8, 4) is 11.4 Å². The molecule has 2 aromatic rings. The second-order valence-corrected chi connectivity index (χ2v) is 5.80. The maximum absolute atomic E-state index is 13.7. The second-order valence-electron chi connectivity index (χ2n) is 5.80. The van der Waals surface area contributed by atoms with Gasteiger partial charge in [0.05, 0.1) is 5.56 Å². The van der Waals surface area contributed by atoms with Crippen molar-refractivity contribution in [1.29, 1.82) is 0 Å². The van der Waals surface area contributed by atoms with Crippen LogP contribution in [0.4, 0.5) is 8.78 Å². The molecule has 2 bridgehead atoms. The number of Topliss-reactive ketones (excluding diaryl/α,β-unsaturated/α-hetero) is 1. The minimum Gasteiger partial charge on any atom is -0.339 e. The van der Waals surface area contributed by atoms with Crippen molar-refractivity contribution in [2.75, 3.05) is 0 Å². The lowest BCUT2D eigenvalue weighted by Gasteiger charge is -2.16. The highest BCUT2D eigenvalue weighted by molar-refractivity contribution is 5.85. The van der Waals surface area contributed by atoms with Crippen LogP contribution in [0.1, 0.15) is 31.1 Å². The van der Waals surface area contributed by atoms with E-state index in [-0.39, 0.29) is 29.0 Å². The molecule has 1 unspecified atom stereocenters. The van der Waals surface area contributed by atoms with Crippen LogP contribution in [-0.4, -0.2) is 15.9 Å². The van der Waals surface area contributed by atoms with E-state index in [1.54, 1.807) is 0 Å². The molecule has 1 aromatic carbocycles. The highest BCUT2D eigenvalue weighted by Gasteiger charge is 2.48. The van der Waals surface area contributed by atoms with Gasteiger partial charge in [-0.1, -0.05) is 5.16 Å². The summed E-state index contributed by atoms with van der Waals surface area (Å²) in [6.07, 6.45) is 2.39. The van der Waals surface area contributed by atoms with Gasteiger partial charge in [-0.15, -0.1) is 0 Å². The molecule has 0 aliphatic heterocycles. The van der Waals surface area contributed by atoms with Gasteiger partial charge < -0.3 is 4.52 Å². The number of carbonyl (C=O) groups excluding carboxylic acids is 1. The molecule has 1 aromatic heterocycles. The predicted molar refractivity (Wildman–Crippen MR) is 68.2 cm³/mol. The summed E-state index contributed by atoms with van der Waals surface area (Å²) in [5.74, 6) is -0.339. The Morgan fingerprint density at radius 1 is 1.19 bits per heavy atom. The summed E-state index contributed by atoms with van der Waals surface area (Å²) in [6.45, 7) is 0. The molecule has 0 amide bonds. The van der Waals surface area contributed by atoms with Crippen LogP contribution in [0.15, 0.2) is 22.7 Å². The molecule has 0 saturated heterocycles. The van der Waals surface area contributed by atoms with E-state index in [1.807, 2.05) is 0 Å². The minimum absolute atomic E-state index is 0.0404. The van der Waals surface area contributed by atoms with E-state index >= 15 is 0 Å². The maximum atomic E-state index is 13.7. The van der Waals surface area contributed by atoms with Gasteiger partial charge in [0.25, 0.3) is 0 Å². The smallest absolute Gasteiger partial charge is 0.230 e. The molecule has 4 rings (SSSR count). The zero-order chi connectivity index (χ0) is 14.6. The van der Waals surface area contributed by atoms with Gasteiger partial charge in [-0.05, 0) is 30.9 Å². The van der Waals surface area contributed by atoms with Crippen molar-refractivity contribution >= 4 is 5.78 Å². The zero-order valence-electron chi connectivity index (χ0n) is 11.1. The Morgan fingerprint density at radius 3 is 2.71 bits per heavy atom. The van der Waals surface area contributed by atoms with E-state index in [1.165, 1.54) is 6.07 Å². The summed E-state index contributed by atoms with van der Waals surface area (Å²) in [5, 5.41) is 3.77. The monoisotopic (exact) mass is 290 g/mol. The Hall–Kier alpha value is -2.11. The van der Waals surface area contributed by atoms with E-state index in [9.17, 15) is 13.6 Å². The van der Waals surface area contributed by atoms with Crippen molar-refractivity contribution in [2.45, 2.75) is 25.2 Å². The van der Waals surface area contributed by atoms with E-state index in [0.29, 0.717) is 18.2 Å². The number of hydrogen-bond donors (Lipinski definition) is 0. The Bertz CT molecular complexity index is 728. The van der Waals surface area contributed by atoms with Crippen LogP contribution in [0.25, 0.3) is 11.4 Å². The average molecular weight is 290 g/mol. The van der Waals surface area contributed by atoms with E-state index in [2.05, 4.69) is 10.1 Å². The van der Waals surface area contributed by atoms with Crippen molar-refractivity contribution in [3.05, 3.63) is 35.7 Å². The summed E-state index contributed by atoms with van der Waals surface area (Å²) >= 11 is 0. The molecule has 0 radical (unpaired) electrons. The Balaban J connectivity index is 1.66. The first-order valence-electron chi connectivity index (χ1n) is 6.93. The maximum Gasteiger partial charge on any atom is 0.230 e. The lowest BCUT2D eigenvalue weighted by molar-refractivity contribution is -0.122. The summed E-state index contributed by atoms with van der Waals surface area (Å²) in [6, 6.07) is 3.22. The van der Waals surface area contributed by atoms with Crippen molar-refractivity contribution < 1.29 is 18.1 Å². The van der Waals surface area contributed by atoms with Crippen LogP contribution in [0.2, 0.25) is 0 Å². The molecule has 3 atom stereocenters. The third-order valence-corrected chi connectivity index (χ3v) is 4.49. The number of fused-ring (bicyclic) bond motifs is 2. The van der Waals surface area contributed by atoms with Crippen LogP contribution < -0.4 is 0 Å². The van der Waals surface area contributed by atoms with Gasteiger partial charge in [-0.2, -0.15) is 4.98 Å². The lowest BCUT2D eigenvalue weighted by Crippen LogP contribution is -2.18. The average Bonchev–Trinajstić information content (AvgIpc) is 3.11. The number of halogens is 2. The standard InChI is InChI=1S/C15H12F2N2O2/c16-8-1-2-9(12(17)6-8)14-18-15(21-19-14)11-4-7-3-10(11)13(20)5-7/h1-2,6-7,10-11H,3-5H2/t7-,10+,11?/m0/s1. The fourth-order valence-corrected chi connectivity index (χ4v) is 3.54. The third-order valence-electron chi connectivity index (χ3n) is 4.49. The molecule has 2 aliphatic rings. The number of ketones is 1. The van der Waals surface area contributed by atoms with Crippen LogP contribution in [-0.2, 0) is 4.79 Å². The van der Waals surface area contributed by atoms with Gasteiger partial charge in [-0.25, -0.2) is 8.78 Å². The summed E-state index contributed by atoms with van der Waals surface area (Å²) < 4.78 is 31.9. The minimum atomic E-state index is -0.730. The molecule has 21 heavy (non-hydrogen) atoms. The molecular weight excluding hydrogens is 278 g/mol. The third kappa shape index (κ3) is 1.97. The topological polar surface area (TPSA) is 56.0 Å². The molecule has 6 heteroatoms. The Kier molecular flexibility index (Phi) is 2.67. The number of carbonyl (C=O) groups is 1. The summed E-state index contributed by atoms with van der Waals surface area (Å²) in [5.41, 5.74) is 0.0980. The van der Waals surface area contributed by atoms with Crippen LogP contribution in [0.3, 0.4) is 0 Å². The van der Waals surface area contributed by atoms with Gasteiger partial charge >= 0.3 is 0 Å². The molecule has 4 nitrogen and oxygen atoms in total. The van der Waals surface area contributed by atoms with Crippen LogP contribution >= 0.6 is 0 Å². The SMILES string of the molecule is O=C1C[C@@H]2CC(c3nc(-c4ccc(F)cc4F)no3)[C@H]1C2. The largest absolute Gasteiger partial charge is 0.339 e. The van der Waals surface area contributed by atoms with Crippen molar-refractivity contribution in [3.63, 3.8) is 0 Å². The highest BCUT2D eigenvalue weighted by atomic mass is 19.1. The fourth-order valence-electron chi connectivity index (χ4n) is 3.54. The molecule has 108 valence electrons. The quantitative estimate of drug-likeness (QED) is 0.852. The van der Waals surface area contributed by atoms with Crippen molar-refractivity contribution in [2.24, 2.45) is 11.8 Å². The lowest BCUT2D eigenvalue weighted by atomic mass is 9.88. The van der Waals surface area contributed by atoms with Crippen molar-refractivity contribution in [1.82, 2.24) is 10.1 Å². The molecule has 0 spiro atoms. The number of nitrogens with zero attached hydrogens (tertiary/aromatic N) is 2. The molecular formula is C15H12F2N2O2. The first kappa shape index (κ1) is 12.6. The van der Waals surface area contributed by atoms with Crippen LogP contribution in [0.5, 0.6) is 0 Å². The fraction of sp³-hybridized carbons (Fsp3) is 0.400. The molecule has 2 saturated carbocycles. The summed E-state index contributed by atoms with van der Waals surface area (Å²) in [4.78, 5) is 16.0. The number of rotatable bonds is 2. The molecule has 2 aliphatic carbocycles. The van der Waals surface area contributed by atoms with Gasteiger partial charge in [0.15, 0.2) is 0 Å². The molecule has 1 heterocycles. The van der Waals surface area contributed by atoms with E-state index < -0.39 is 11.6 Å². The second kappa shape index (κ2) is 4.44. The van der Waals surface area contributed by atoms with E-state index in [0.717, 1.165) is 25.0 Å². The zero-order valence-corrected chi connectivity index (χ0v) is 11.1. The normalized spacial score (nSPS) is 27.5. The first-order valence-corrected chi connectivity index (χ1v) is 6.93. The number of hydrogen-bond acceptors (Lipinski definition) is 4. The first-order chi connectivity index (χ1) is 10.1. The molecule has 0 N–H and O–H groups in total. The Morgan fingerprint density at radius 2 is 2.00 bits per heavy atom. The van der Waals surface area contributed by atoms with Gasteiger partial charge in [-0.3, -0.25) is 4.79 Å². The predicted octanol–water partition coefficient (Wildman–Crippen LogP) is 3.10. The van der Waals surface area contributed by atoms with Gasteiger partial charge in [0.2, 0.25) is 11.7 Å². The van der Waals surface area contributed by atoms with Gasteiger partial charge in [0, 0.05) is 24.3 Å². The number of benzene rings is 1. The molecule has 2 fully saturated rings. The number of aromatic nitrogens is 2. The van der Waals surface area contributed by atoms with Crippen LogP contribution in [0, 0.1) is 23.5 Å². The highest BCUT2D eigenvalue weighted by Crippen LogP contribution is 2.50. The Labute approximate surface area is 119 Å². The van der Waals surface area contributed by atoms with E-state index in [4.69, 9.17) is 4.52 Å². The van der Waals surface area contributed by atoms with Gasteiger partial charge in [0.1, 0.15) is 17.4 Å².